The monoisotopic (exact) mass is 573 g/mol. The van der Waals surface area contributed by atoms with E-state index in [0.29, 0.717) is 60.9 Å². The lowest BCUT2D eigenvalue weighted by Gasteiger charge is -2.33. The van der Waals surface area contributed by atoms with Crippen LogP contribution in [0, 0.1) is 11.7 Å². The second-order valence-corrected chi connectivity index (χ2v) is 11.1. The first-order chi connectivity index (χ1) is 20.5. The standard InChI is InChI=1S/C32H36FN5O4/c1-41-31-23(33)10-6-11-24(31)36-30-27-28-21(16-35-32(27)40)9-4-2-3-5-12-26(39)38-15-7-8-20(18-38)19-42-25-17-34-14-13-22(25)29(30)37-28/h2,4,6,10-11,13-14,17,20-21,36-37H,3,5,7-9,12,15-16,18-19H2,1H3,(H,35,40)/b4-2+. The summed E-state index contributed by atoms with van der Waals surface area (Å²) in [5, 5.41) is 6.36. The maximum atomic E-state index is 14.7. The van der Waals surface area contributed by atoms with E-state index in [-0.39, 0.29) is 29.4 Å². The number of ether oxygens (including phenoxy) is 2. The van der Waals surface area contributed by atoms with Crippen molar-refractivity contribution >= 4 is 23.2 Å². The van der Waals surface area contributed by atoms with Gasteiger partial charge in [-0.1, -0.05) is 18.2 Å². The average molecular weight is 574 g/mol. The largest absolute Gasteiger partial charge is 0.492 e. The molecule has 0 radical (unpaired) electrons. The number of nitrogens with one attached hydrogen (secondary N) is 3. The van der Waals surface area contributed by atoms with Crippen LogP contribution < -0.4 is 20.1 Å². The SMILES string of the molecule is COc1c(F)cccc1Nc1c2[nH]c3c1C(=O)NCC3C/C=C/CCCC(=O)N1CCCC(COc3cnccc3-2)C1. The van der Waals surface area contributed by atoms with E-state index in [4.69, 9.17) is 9.47 Å². The van der Waals surface area contributed by atoms with E-state index < -0.39 is 5.82 Å². The number of benzene rings is 1. The molecule has 220 valence electrons. The third-order valence-corrected chi connectivity index (χ3v) is 8.35. The maximum Gasteiger partial charge on any atom is 0.255 e. The van der Waals surface area contributed by atoms with Gasteiger partial charge in [0.15, 0.2) is 11.6 Å². The fraction of sp³-hybridized carbons (Fsp3) is 0.406. The number of halogens is 1. The van der Waals surface area contributed by atoms with Crippen molar-refractivity contribution in [3.05, 3.63) is 65.9 Å². The smallest absolute Gasteiger partial charge is 0.255 e. The first-order valence-electron chi connectivity index (χ1n) is 14.7. The minimum atomic E-state index is -0.508. The molecule has 42 heavy (non-hydrogen) atoms. The summed E-state index contributed by atoms with van der Waals surface area (Å²) in [5.74, 6) is 0.302. The van der Waals surface area contributed by atoms with E-state index in [1.165, 1.54) is 13.2 Å². The molecule has 10 heteroatoms. The number of aromatic amines is 1. The molecule has 0 aliphatic carbocycles. The van der Waals surface area contributed by atoms with Gasteiger partial charge < -0.3 is 30.0 Å². The molecule has 3 aliphatic heterocycles. The number of allylic oxidation sites excluding steroid dienone is 2. The van der Waals surface area contributed by atoms with Crippen LogP contribution in [0.2, 0.25) is 0 Å². The zero-order chi connectivity index (χ0) is 29.1. The van der Waals surface area contributed by atoms with E-state index in [9.17, 15) is 14.0 Å². The molecule has 0 saturated carbocycles. The van der Waals surface area contributed by atoms with Crippen molar-refractivity contribution < 1.29 is 23.5 Å². The Balaban J connectivity index is 1.45. The highest BCUT2D eigenvalue weighted by molar-refractivity contribution is 6.07. The Morgan fingerprint density at radius 1 is 1.19 bits per heavy atom. The fourth-order valence-electron chi connectivity index (χ4n) is 6.19. The molecule has 2 amide bonds. The van der Waals surface area contributed by atoms with Gasteiger partial charge in [-0.2, -0.15) is 0 Å². The number of nitrogens with zero attached hydrogens (tertiary/aromatic N) is 2. The van der Waals surface area contributed by atoms with Crippen LogP contribution in [0.5, 0.6) is 11.5 Å². The number of pyridine rings is 1. The van der Waals surface area contributed by atoms with Crippen LogP contribution in [-0.2, 0) is 4.79 Å². The zero-order valence-electron chi connectivity index (χ0n) is 23.7. The number of carbonyl (C=O) groups is 2. The van der Waals surface area contributed by atoms with Gasteiger partial charge in [-0.25, -0.2) is 4.39 Å². The number of hydrogen-bond acceptors (Lipinski definition) is 6. The van der Waals surface area contributed by atoms with Gasteiger partial charge in [-0.05, 0) is 50.3 Å². The summed E-state index contributed by atoms with van der Waals surface area (Å²) in [5.41, 5.74) is 3.58. The molecule has 3 aromatic rings. The van der Waals surface area contributed by atoms with E-state index in [1.807, 2.05) is 11.0 Å². The van der Waals surface area contributed by atoms with Gasteiger partial charge in [-0.15, -0.1) is 0 Å². The first kappa shape index (κ1) is 27.8. The molecule has 2 aromatic heterocycles. The molecular formula is C32H36FN5O4. The Kier molecular flexibility index (Phi) is 8.12. The average Bonchev–Trinajstić information content (AvgIpc) is 3.38. The summed E-state index contributed by atoms with van der Waals surface area (Å²) in [6.07, 6.45) is 12.4. The van der Waals surface area contributed by atoms with E-state index in [0.717, 1.165) is 43.5 Å². The predicted molar refractivity (Wildman–Crippen MR) is 158 cm³/mol. The topological polar surface area (TPSA) is 109 Å². The van der Waals surface area contributed by atoms with Crippen molar-refractivity contribution in [2.45, 2.75) is 44.4 Å². The van der Waals surface area contributed by atoms with Crippen molar-refractivity contribution in [1.29, 1.82) is 0 Å². The lowest BCUT2D eigenvalue weighted by atomic mass is 9.93. The molecule has 2 atom stereocenters. The fourth-order valence-corrected chi connectivity index (χ4v) is 6.19. The lowest BCUT2D eigenvalue weighted by molar-refractivity contribution is -0.133. The Labute approximate surface area is 244 Å². The van der Waals surface area contributed by atoms with Crippen molar-refractivity contribution in [2.75, 3.05) is 38.7 Å². The number of aromatic nitrogens is 2. The number of para-hydroxylation sites is 1. The van der Waals surface area contributed by atoms with Gasteiger partial charge in [0.25, 0.3) is 5.91 Å². The molecule has 1 aromatic carbocycles. The quantitative estimate of drug-likeness (QED) is 0.355. The number of H-pyrrole nitrogens is 1. The van der Waals surface area contributed by atoms with Crippen molar-refractivity contribution in [1.82, 2.24) is 20.2 Å². The molecule has 3 aliphatic rings. The Hall–Kier alpha value is -4.34. The number of hydrogen-bond donors (Lipinski definition) is 3. The van der Waals surface area contributed by atoms with Crippen LogP contribution in [0.1, 0.15) is 60.5 Å². The van der Waals surface area contributed by atoms with Gasteiger partial charge in [0, 0.05) is 55.3 Å². The van der Waals surface area contributed by atoms with Crippen LogP contribution in [-0.4, -0.2) is 60.0 Å². The number of carbonyl (C=O) groups excluding carboxylic acids is 2. The van der Waals surface area contributed by atoms with Crippen LogP contribution in [0.25, 0.3) is 11.3 Å². The minimum Gasteiger partial charge on any atom is -0.492 e. The second-order valence-electron chi connectivity index (χ2n) is 11.1. The van der Waals surface area contributed by atoms with Crippen molar-refractivity contribution in [3.63, 3.8) is 0 Å². The highest BCUT2D eigenvalue weighted by atomic mass is 19.1. The van der Waals surface area contributed by atoms with Crippen molar-refractivity contribution in [3.8, 4) is 22.8 Å². The third kappa shape index (κ3) is 5.57. The van der Waals surface area contributed by atoms with Crippen LogP contribution >= 0.6 is 0 Å². The van der Waals surface area contributed by atoms with Gasteiger partial charge in [0.05, 0.1) is 42.5 Å². The molecule has 0 spiro atoms. The number of fused-ring (bicyclic) bond motifs is 5. The maximum absolute atomic E-state index is 14.7. The molecule has 3 N–H and O–H groups in total. The highest BCUT2D eigenvalue weighted by Gasteiger charge is 2.34. The first-order valence-corrected chi connectivity index (χ1v) is 14.7. The predicted octanol–water partition coefficient (Wildman–Crippen LogP) is 5.54. The summed E-state index contributed by atoms with van der Waals surface area (Å²) in [6.45, 7) is 2.39. The molecular weight excluding hydrogens is 537 g/mol. The summed E-state index contributed by atoms with van der Waals surface area (Å²) in [7, 11) is 1.41. The van der Waals surface area contributed by atoms with E-state index in [1.54, 1.807) is 24.5 Å². The lowest BCUT2D eigenvalue weighted by Crippen LogP contribution is -2.41. The van der Waals surface area contributed by atoms with Crippen LogP contribution in [0.3, 0.4) is 0 Å². The number of rotatable bonds is 3. The third-order valence-electron chi connectivity index (χ3n) is 8.35. The van der Waals surface area contributed by atoms with Crippen LogP contribution in [0.4, 0.5) is 15.8 Å². The van der Waals surface area contributed by atoms with E-state index in [2.05, 4.69) is 32.8 Å². The van der Waals surface area contributed by atoms with Gasteiger partial charge >= 0.3 is 0 Å². The van der Waals surface area contributed by atoms with Gasteiger partial charge in [-0.3, -0.25) is 14.6 Å². The summed E-state index contributed by atoms with van der Waals surface area (Å²) < 4.78 is 26.4. The van der Waals surface area contributed by atoms with E-state index >= 15 is 0 Å². The number of amides is 2. The Morgan fingerprint density at radius 3 is 2.98 bits per heavy atom. The molecule has 4 bridgehead atoms. The number of anilines is 2. The highest BCUT2D eigenvalue weighted by Crippen LogP contribution is 2.44. The van der Waals surface area contributed by atoms with Gasteiger partial charge in [0.1, 0.15) is 5.75 Å². The molecule has 1 fully saturated rings. The van der Waals surface area contributed by atoms with Crippen molar-refractivity contribution in [2.24, 2.45) is 5.92 Å². The molecule has 5 heterocycles. The number of piperidine rings is 1. The second kappa shape index (κ2) is 12.3. The zero-order valence-corrected chi connectivity index (χ0v) is 23.7. The Bertz CT molecular complexity index is 1500. The molecule has 9 nitrogen and oxygen atoms in total. The summed E-state index contributed by atoms with van der Waals surface area (Å²) >= 11 is 0. The summed E-state index contributed by atoms with van der Waals surface area (Å²) in [4.78, 5) is 36.1. The normalized spacial score (nSPS) is 21.7. The Morgan fingerprint density at radius 2 is 2.10 bits per heavy atom. The molecule has 1 saturated heterocycles. The van der Waals surface area contributed by atoms with Gasteiger partial charge in [0.2, 0.25) is 5.91 Å². The molecule has 2 unspecified atom stereocenters. The van der Waals surface area contributed by atoms with Crippen LogP contribution in [0.15, 0.2) is 48.8 Å². The number of methoxy groups -OCH3 is 1. The summed E-state index contributed by atoms with van der Waals surface area (Å²) in [6, 6.07) is 6.49. The molecule has 6 rings (SSSR count). The minimum absolute atomic E-state index is 0.00477.